The Kier molecular flexibility index (Phi) is 8.58. The number of carbonyl (C=O) groups is 2. The lowest BCUT2D eigenvalue weighted by atomic mass is 9.86. The van der Waals surface area contributed by atoms with Crippen LogP contribution in [0.4, 0.5) is 26.4 Å². The number of benzene rings is 2. The molecule has 258 valence electrons. The van der Waals surface area contributed by atoms with E-state index in [0.29, 0.717) is 43.4 Å². The summed E-state index contributed by atoms with van der Waals surface area (Å²) < 4.78 is 26.3. The van der Waals surface area contributed by atoms with Gasteiger partial charge in [0.25, 0.3) is 5.91 Å². The number of hydrogen-bond acceptors (Lipinski definition) is 8. The minimum Gasteiger partial charge on any atom is -0.497 e. The van der Waals surface area contributed by atoms with Crippen molar-refractivity contribution in [1.82, 2.24) is 24.8 Å². The van der Waals surface area contributed by atoms with Gasteiger partial charge in [-0.2, -0.15) is 0 Å². The van der Waals surface area contributed by atoms with E-state index in [4.69, 9.17) is 14.6 Å². The van der Waals surface area contributed by atoms with Crippen molar-refractivity contribution in [3.8, 4) is 5.75 Å². The number of alkyl halides is 1. The summed E-state index contributed by atoms with van der Waals surface area (Å²) in [7, 11) is 3.64. The highest BCUT2D eigenvalue weighted by Crippen LogP contribution is 2.42. The smallest absolute Gasteiger partial charge is 0.410 e. The highest BCUT2D eigenvalue weighted by Gasteiger charge is 2.39. The fourth-order valence-electron chi connectivity index (χ4n) is 6.93. The third-order valence-corrected chi connectivity index (χ3v) is 9.61. The van der Waals surface area contributed by atoms with Gasteiger partial charge in [-0.1, -0.05) is 24.3 Å². The van der Waals surface area contributed by atoms with Gasteiger partial charge in [-0.25, -0.2) is 18.7 Å². The average molecular weight is 670 g/mol. The molecule has 1 N–H and O–H groups in total. The van der Waals surface area contributed by atoms with Crippen molar-refractivity contribution in [2.75, 3.05) is 43.6 Å². The number of ether oxygens (including phenoxy) is 2. The van der Waals surface area contributed by atoms with E-state index >= 15 is 0 Å². The molecule has 2 fully saturated rings. The highest BCUT2D eigenvalue weighted by atomic mass is 19.1. The number of rotatable bonds is 8. The molecule has 2 aromatic carbocycles. The van der Waals surface area contributed by atoms with Crippen molar-refractivity contribution < 1.29 is 23.5 Å². The number of imidazole rings is 1. The molecule has 2 amide bonds. The summed E-state index contributed by atoms with van der Waals surface area (Å²) in [4.78, 5) is 36.7. The molecular weight excluding hydrogens is 625 g/mol. The first-order valence-electron chi connectivity index (χ1n) is 17.0. The van der Waals surface area contributed by atoms with Gasteiger partial charge in [-0.05, 0) is 80.8 Å². The Morgan fingerprint density at radius 2 is 1.82 bits per heavy atom. The van der Waals surface area contributed by atoms with Gasteiger partial charge in [-0.3, -0.25) is 4.79 Å². The van der Waals surface area contributed by atoms with E-state index in [1.54, 1.807) is 11.6 Å². The predicted molar refractivity (Wildman–Crippen MR) is 186 cm³/mol. The molecule has 49 heavy (non-hydrogen) atoms. The molecule has 1 aliphatic carbocycles. The summed E-state index contributed by atoms with van der Waals surface area (Å²) in [5, 5.41) is 7.76. The Hall–Kier alpha value is -4.87. The molecule has 2 aromatic heterocycles. The second-order valence-corrected chi connectivity index (χ2v) is 14.3. The van der Waals surface area contributed by atoms with E-state index < -0.39 is 23.7 Å². The molecule has 2 aliphatic heterocycles. The Bertz CT molecular complexity index is 1860. The molecule has 0 unspecified atom stereocenters. The van der Waals surface area contributed by atoms with E-state index in [1.165, 1.54) is 17.3 Å². The van der Waals surface area contributed by atoms with E-state index in [-0.39, 0.29) is 11.8 Å². The topological polar surface area (TPSA) is 105 Å². The van der Waals surface area contributed by atoms with Crippen molar-refractivity contribution in [1.29, 1.82) is 0 Å². The summed E-state index contributed by atoms with van der Waals surface area (Å²) in [6, 6.07) is 15.9. The highest BCUT2D eigenvalue weighted by molar-refractivity contribution is 5.94. The van der Waals surface area contributed by atoms with Gasteiger partial charge < -0.3 is 29.5 Å². The number of anilines is 3. The van der Waals surface area contributed by atoms with Gasteiger partial charge in [0.1, 0.15) is 17.5 Å². The fourth-order valence-corrected chi connectivity index (χ4v) is 6.93. The number of amides is 2. The van der Waals surface area contributed by atoms with Gasteiger partial charge >= 0.3 is 6.09 Å². The SMILES string of the molecule is COc1ccc(CN(C)c2cc(N3CCc4c(C5CCN(C(=O)OC(C)(C)C)CC5)cccc43)nn3c(C(=O)N[C@@H]4C[C@@H]4F)cnc23)cc1. The van der Waals surface area contributed by atoms with Crippen LogP contribution in [0.5, 0.6) is 5.75 Å². The van der Waals surface area contributed by atoms with Gasteiger partial charge in [0, 0.05) is 51.4 Å². The van der Waals surface area contributed by atoms with Crippen LogP contribution in [0.2, 0.25) is 0 Å². The summed E-state index contributed by atoms with van der Waals surface area (Å²) in [6.07, 6.45) is 3.16. The largest absolute Gasteiger partial charge is 0.497 e. The third kappa shape index (κ3) is 6.73. The van der Waals surface area contributed by atoms with E-state index in [0.717, 1.165) is 48.5 Å². The normalized spacial score (nSPS) is 19.1. The Labute approximate surface area is 286 Å². The zero-order valence-electron chi connectivity index (χ0n) is 28.8. The number of carbonyl (C=O) groups excluding carboxylic acids is 2. The molecule has 7 rings (SSSR count). The van der Waals surface area contributed by atoms with Crippen molar-refractivity contribution in [3.05, 3.63) is 77.1 Å². The standard InChI is InChI=1S/C37H44FN7O4/c1-37(2,3)49-36(47)43-16-13-24(14-17-43)26-7-6-8-30-27(26)15-18-44(30)33-20-31(42(4)22-23-9-11-25(48-5)12-10-23)34-39-21-32(45(34)41-33)35(46)40-29-19-28(29)38/h6-12,20-21,24,28-29H,13-19,22H2,1-5H3,(H,40,46)/t28-,29+/m0/s1. The first kappa shape index (κ1) is 32.7. The maximum atomic E-state index is 13.7. The van der Waals surface area contributed by atoms with Gasteiger partial charge in [0.15, 0.2) is 17.2 Å². The van der Waals surface area contributed by atoms with Gasteiger partial charge in [-0.15, -0.1) is 5.10 Å². The average Bonchev–Trinajstić information content (AvgIpc) is 3.42. The molecular formula is C37H44FN7O4. The predicted octanol–water partition coefficient (Wildman–Crippen LogP) is 6.02. The summed E-state index contributed by atoms with van der Waals surface area (Å²) >= 11 is 0. The Morgan fingerprint density at radius 1 is 1.08 bits per heavy atom. The maximum Gasteiger partial charge on any atom is 0.410 e. The van der Waals surface area contributed by atoms with Crippen LogP contribution in [0, 0.1) is 0 Å². The number of methoxy groups -OCH3 is 1. The number of likely N-dealkylation sites (tertiary alicyclic amines) is 1. The number of aromatic nitrogens is 3. The third-order valence-electron chi connectivity index (χ3n) is 9.61. The monoisotopic (exact) mass is 669 g/mol. The molecule has 0 spiro atoms. The first-order valence-corrected chi connectivity index (χ1v) is 17.0. The molecule has 4 aromatic rings. The number of fused-ring (bicyclic) bond motifs is 2. The van der Waals surface area contributed by atoms with E-state index in [2.05, 4.69) is 38.3 Å². The quantitative estimate of drug-likeness (QED) is 0.243. The summed E-state index contributed by atoms with van der Waals surface area (Å²) in [6.45, 7) is 8.30. The number of nitrogens with zero attached hydrogens (tertiary/aromatic N) is 6. The van der Waals surface area contributed by atoms with Gasteiger partial charge in [0.2, 0.25) is 0 Å². The zero-order chi connectivity index (χ0) is 34.4. The fraction of sp³-hybridized carbons (Fsp3) is 0.459. The van der Waals surface area contributed by atoms with E-state index in [9.17, 15) is 14.0 Å². The van der Waals surface area contributed by atoms with Crippen LogP contribution in [-0.2, 0) is 17.7 Å². The summed E-state index contributed by atoms with van der Waals surface area (Å²) in [5.41, 5.74) is 5.88. The van der Waals surface area contributed by atoms with Crippen LogP contribution < -0.4 is 19.9 Å². The van der Waals surface area contributed by atoms with Crippen molar-refractivity contribution in [3.63, 3.8) is 0 Å². The molecule has 0 radical (unpaired) electrons. The second-order valence-electron chi connectivity index (χ2n) is 14.3. The molecule has 12 heteroatoms. The molecule has 1 saturated heterocycles. The van der Waals surface area contributed by atoms with Crippen LogP contribution in [0.25, 0.3) is 5.65 Å². The molecule has 3 aliphatic rings. The number of nitrogens with one attached hydrogen (secondary N) is 1. The van der Waals surface area contributed by atoms with Crippen LogP contribution >= 0.6 is 0 Å². The van der Waals surface area contributed by atoms with Crippen LogP contribution in [0.3, 0.4) is 0 Å². The minimum absolute atomic E-state index is 0.251. The Morgan fingerprint density at radius 3 is 2.49 bits per heavy atom. The Balaban J connectivity index is 1.19. The van der Waals surface area contributed by atoms with Crippen LogP contribution in [0.15, 0.2) is 54.7 Å². The second kappa shape index (κ2) is 12.9. The van der Waals surface area contributed by atoms with Crippen molar-refractivity contribution >= 4 is 34.8 Å². The lowest BCUT2D eigenvalue weighted by Gasteiger charge is -2.34. The lowest BCUT2D eigenvalue weighted by Crippen LogP contribution is -2.41. The molecule has 4 heterocycles. The zero-order valence-corrected chi connectivity index (χ0v) is 28.8. The maximum absolute atomic E-state index is 13.7. The minimum atomic E-state index is -1.02. The number of hydrogen-bond donors (Lipinski definition) is 1. The lowest BCUT2D eigenvalue weighted by molar-refractivity contribution is 0.0204. The van der Waals surface area contributed by atoms with Crippen molar-refractivity contribution in [2.24, 2.45) is 0 Å². The number of halogens is 1. The van der Waals surface area contributed by atoms with E-state index in [1.807, 2.05) is 63.1 Å². The first-order chi connectivity index (χ1) is 23.5. The van der Waals surface area contributed by atoms with Gasteiger partial charge in [0.05, 0.1) is 25.0 Å². The number of piperidine rings is 1. The molecule has 0 bridgehead atoms. The molecule has 11 nitrogen and oxygen atoms in total. The molecule has 1 saturated carbocycles. The van der Waals surface area contributed by atoms with Crippen LogP contribution in [-0.4, -0.2) is 83.1 Å². The summed E-state index contributed by atoms with van der Waals surface area (Å²) in [5.74, 6) is 1.42. The molecule has 2 atom stereocenters. The van der Waals surface area contributed by atoms with Crippen molar-refractivity contribution in [2.45, 2.75) is 76.7 Å². The van der Waals surface area contributed by atoms with Crippen LogP contribution in [0.1, 0.15) is 73.1 Å².